The van der Waals surface area contributed by atoms with E-state index in [2.05, 4.69) is 251 Å². The molecule has 2 aromatic heterocycles. The molecule has 342 valence electrons. The summed E-state index contributed by atoms with van der Waals surface area (Å²) in [5.74, 6) is 0.954. The van der Waals surface area contributed by atoms with Crippen LogP contribution < -0.4 is 0 Å². The van der Waals surface area contributed by atoms with Gasteiger partial charge in [-0.1, -0.05) is 192 Å². The van der Waals surface area contributed by atoms with Crippen molar-refractivity contribution < 1.29 is 5.11 Å². The van der Waals surface area contributed by atoms with Crippen molar-refractivity contribution in [2.75, 3.05) is 0 Å². The van der Waals surface area contributed by atoms with E-state index < -0.39 is 0 Å². The Morgan fingerprint density at radius 3 is 1.59 bits per heavy atom. The standard InChI is InChI=1S/C64H65N3O/c1-61(2,3)48-29-30-56(52(38-48)42-23-17-14-18-24-42)67-57-28-20-27-51(58(57)66-60(67)53-39-50(63(7,8)9)40-54(59(53)68)64(10,11)12)46-34-47(36-49(35-46)62(4,5)6)55-37-45(31-32-65-55)44-26-19-25-43(33-44)41-21-15-13-16-22-41/h13-40,68H,1-12H3. The monoisotopic (exact) mass is 892 g/mol. The minimum absolute atomic E-state index is 0.0770. The summed E-state index contributed by atoms with van der Waals surface area (Å²) < 4.78 is 2.30. The fraction of sp³-hybridized carbons (Fsp3) is 0.250. The number of rotatable bonds is 7. The molecule has 1 N–H and O–H groups in total. The largest absolute Gasteiger partial charge is 0.507 e. The van der Waals surface area contributed by atoms with E-state index in [9.17, 15) is 5.11 Å². The molecule has 7 aromatic carbocycles. The number of pyridine rings is 1. The highest BCUT2D eigenvalue weighted by molar-refractivity contribution is 5.98. The number of para-hydroxylation sites is 1. The van der Waals surface area contributed by atoms with E-state index in [-0.39, 0.29) is 27.4 Å². The van der Waals surface area contributed by atoms with Crippen LogP contribution in [-0.2, 0) is 21.7 Å². The lowest BCUT2D eigenvalue weighted by atomic mass is 9.79. The second-order valence-corrected chi connectivity index (χ2v) is 22.6. The molecule has 0 spiro atoms. The third-order valence-corrected chi connectivity index (χ3v) is 13.4. The van der Waals surface area contributed by atoms with Crippen molar-refractivity contribution in [2.24, 2.45) is 0 Å². The number of fused-ring (bicyclic) bond motifs is 1. The van der Waals surface area contributed by atoms with Crippen LogP contribution >= 0.6 is 0 Å². The van der Waals surface area contributed by atoms with Crippen molar-refractivity contribution in [1.29, 1.82) is 0 Å². The molecule has 0 unspecified atom stereocenters. The van der Waals surface area contributed by atoms with Crippen LogP contribution in [-0.4, -0.2) is 19.6 Å². The zero-order valence-electron chi connectivity index (χ0n) is 42.0. The van der Waals surface area contributed by atoms with Crippen LogP contribution in [0.5, 0.6) is 5.75 Å². The Labute approximate surface area is 404 Å². The predicted molar refractivity (Wildman–Crippen MR) is 288 cm³/mol. The summed E-state index contributed by atoms with van der Waals surface area (Å²) in [7, 11) is 0. The van der Waals surface area contributed by atoms with E-state index in [0.717, 1.165) is 72.5 Å². The molecule has 0 radical (unpaired) electrons. The number of imidazole rings is 1. The van der Waals surface area contributed by atoms with Crippen LogP contribution in [0.15, 0.2) is 170 Å². The Morgan fingerprint density at radius 2 is 0.941 bits per heavy atom. The number of hydrogen-bond acceptors (Lipinski definition) is 3. The molecule has 0 amide bonds. The lowest BCUT2D eigenvalue weighted by Crippen LogP contribution is -2.17. The van der Waals surface area contributed by atoms with Crippen molar-refractivity contribution in [3.63, 3.8) is 0 Å². The summed E-state index contributed by atoms with van der Waals surface area (Å²) in [4.78, 5) is 10.7. The molecular weight excluding hydrogens is 827 g/mol. The fourth-order valence-corrected chi connectivity index (χ4v) is 9.25. The maximum Gasteiger partial charge on any atom is 0.149 e. The number of benzene rings is 7. The molecule has 0 saturated heterocycles. The average Bonchev–Trinajstić information content (AvgIpc) is 3.70. The SMILES string of the molecule is CC(C)(C)c1cc(-c2cc(-c3cccc(-c4ccccc4)c3)ccn2)cc(-c2cccc3c2nc(-c2cc(C(C)(C)C)cc(C(C)(C)C)c2O)n3-c2ccc(C(C)(C)C)cc2-c2ccccc2)c1. The van der Waals surface area contributed by atoms with E-state index in [0.29, 0.717) is 11.4 Å². The molecule has 0 atom stereocenters. The molecule has 2 heterocycles. The van der Waals surface area contributed by atoms with Gasteiger partial charge >= 0.3 is 0 Å². The lowest BCUT2D eigenvalue weighted by molar-refractivity contribution is 0.446. The van der Waals surface area contributed by atoms with Crippen LogP contribution in [0.4, 0.5) is 0 Å². The maximum atomic E-state index is 12.6. The van der Waals surface area contributed by atoms with E-state index >= 15 is 0 Å². The summed E-state index contributed by atoms with van der Waals surface area (Å²) in [5, 5.41) is 12.6. The van der Waals surface area contributed by atoms with Gasteiger partial charge in [-0.25, -0.2) is 4.98 Å². The highest BCUT2D eigenvalue weighted by Crippen LogP contribution is 2.46. The number of nitrogens with zero attached hydrogens (tertiary/aromatic N) is 3. The smallest absolute Gasteiger partial charge is 0.149 e. The molecule has 0 saturated carbocycles. The topological polar surface area (TPSA) is 50.9 Å². The Hall–Kier alpha value is -7.04. The number of phenols is 1. The number of phenolic OH excluding ortho intramolecular Hbond substituents is 1. The summed E-state index contributed by atoms with van der Waals surface area (Å²) in [6, 6.07) is 58.9. The zero-order chi connectivity index (χ0) is 48.3. The van der Waals surface area contributed by atoms with Gasteiger partial charge in [-0.15, -0.1) is 0 Å². The predicted octanol–water partition coefficient (Wildman–Crippen LogP) is 17.3. The van der Waals surface area contributed by atoms with Gasteiger partial charge in [0.2, 0.25) is 0 Å². The molecule has 0 bridgehead atoms. The molecule has 0 aliphatic carbocycles. The van der Waals surface area contributed by atoms with Crippen molar-refractivity contribution in [2.45, 2.75) is 105 Å². The quantitative estimate of drug-likeness (QED) is 0.173. The molecule has 4 nitrogen and oxygen atoms in total. The second kappa shape index (κ2) is 17.2. The third kappa shape index (κ3) is 9.05. The Bertz CT molecular complexity index is 3310. The van der Waals surface area contributed by atoms with Gasteiger partial charge in [-0.05, 0) is 126 Å². The van der Waals surface area contributed by atoms with Gasteiger partial charge in [0.25, 0.3) is 0 Å². The molecule has 9 rings (SSSR count). The van der Waals surface area contributed by atoms with Crippen LogP contribution in [0.2, 0.25) is 0 Å². The summed E-state index contributed by atoms with van der Waals surface area (Å²) in [6.45, 7) is 26.8. The lowest BCUT2D eigenvalue weighted by Gasteiger charge is -2.28. The summed E-state index contributed by atoms with van der Waals surface area (Å²) in [5.41, 5.74) is 18.1. The molecule has 0 fully saturated rings. The number of hydrogen-bond donors (Lipinski definition) is 1. The molecule has 9 aromatic rings. The maximum absolute atomic E-state index is 12.6. The highest BCUT2D eigenvalue weighted by Gasteiger charge is 2.30. The van der Waals surface area contributed by atoms with Crippen LogP contribution in [0.3, 0.4) is 0 Å². The van der Waals surface area contributed by atoms with Crippen molar-refractivity contribution in [3.05, 3.63) is 192 Å². The summed E-state index contributed by atoms with van der Waals surface area (Å²) in [6.07, 6.45) is 1.93. The Balaban J connectivity index is 1.31. The normalized spacial score (nSPS) is 12.5. The first-order valence-corrected chi connectivity index (χ1v) is 24.0. The molecular formula is C64H65N3O. The highest BCUT2D eigenvalue weighted by atomic mass is 16.3. The van der Waals surface area contributed by atoms with Crippen LogP contribution in [0.1, 0.15) is 105 Å². The molecule has 0 aliphatic rings. The van der Waals surface area contributed by atoms with Gasteiger partial charge < -0.3 is 5.11 Å². The first kappa shape index (κ1) is 46.1. The second-order valence-electron chi connectivity index (χ2n) is 22.6. The van der Waals surface area contributed by atoms with Crippen molar-refractivity contribution in [1.82, 2.24) is 14.5 Å². The fourth-order valence-electron chi connectivity index (χ4n) is 9.25. The van der Waals surface area contributed by atoms with Crippen molar-refractivity contribution >= 4 is 11.0 Å². The molecule has 0 aliphatic heterocycles. The van der Waals surface area contributed by atoms with Gasteiger partial charge in [0.15, 0.2) is 0 Å². The average molecular weight is 892 g/mol. The number of aromatic hydroxyl groups is 1. The molecule has 4 heteroatoms. The third-order valence-electron chi connectivity index (χ3n) is 13.4. The first-order chi connectivity index (χ1) is 32.1. The van der Waals surface area contributed by atoms with E-state index in [1.165, 1.54) is 22.3 Å². The Kier molecular flexibility index (Phi) is 11.7. The van der Waals surface area contributed by atoms with Gasteiger partial charge in [-0.2, -0.15) is 0 Å². The minimum Gasteiger partial charge on any atom is -0.507 e. The summed E-state index contributed by atoms with van der Waals surface area (Å²) >= 11 is 0. The van der Waals surface area contributed by atoms with Gasteiger partial charge in [0.05, 0.1) is 28.0 Å². The van der Waals surface area contributed by atoms with E-state index in [1.807, 2.05) is 6.20 Å². The van der Waals surface area contributed by atoms with Crippen LogP contribution in [0.25, 0.3) is 83.9 Å². The number of aromatic nitrogens is 3. The van der Waals surface area contributed by atoms with Gasteiger partial charge in [-0.3, -0.25) is 9.55 Å². The molecule has 68 heavy (non-hydrogen) atoms. The first-order valence-electron chi connectivity index (χ1n) is 24.0. The van der Waals surface area contributed by atoms with Gasteiger partial charge in [0, 0.05) is 28.5 Å². The minimum atomic E-state index is -0.328. The van der Waals surface area contributed by atoms with E-state index in [4.69, 9.17) is 9.97 Å². The van der Waals surface area contributed by atoms with E-state index in [1.54, 1.807) is 0 Å². The van der Waals surface area contributed by atoms with Crippen LogP contribution in [0, 0.1) is 0 Å². The van der Waals surface area contributed by atoms with Gasteiger partial charge in [0.1, 0.15) is 11.6 Å². The Morgan fingerprint density at radius 1 is 0.397 bits per heavy atom. The zero-order valence-corrected chi connectivity index (χ0v) is 42.0. The van der Waals surface area contributed by atoms with Crippen molar-refractivity contribution in [3.8, 4) is 78.6 Å².